The van der Waals surface area contributed by atoms with Crippen LogP contribution in [0, 0.1) is 11.8 Å². The Bertz CT molecular complexity index is 378. The van der Waals surface area contributed by atoms with E-state index in [-0.39, 0.29) is 24.7 Å². The summed E-state index contributed by atoms with van der Waals surface area (Å²) in [5.41, 5.74) is 1.74. The third kappa shape index (κ3) is 5.54. The van der Waals surface area contributed by atoms with Gasteiger partial charge in [0, 0.05) is 7.11 Å². The van der Waals surface area contributed by atoms with Gasteiger partial charge in [0.15, 0.2) is 0 Å². The molecule has 0 aromatic rings. The second kappa shape index (κ2) is 10.6. The van der Waals surface area contributed by atoms with Crippen molar-refractivity contribution in [2.75, 3.05) is 13.7 Å². The van der Waals surface area contributed by atoms with Gasteiger partial charge in [-0.25, -0.2) is 0 Å². The molecule has 1 rings (SSSR count). The number of rotatable bonds is 10. The molecule has 0 saturated heterocycles. The van der Waals surface area contributed by atoms with E-state index >= 15 is 0 Å². The van der Waals surface area contributed by atoms with Crippen LogP contribution in [-0.2, 0) is 9.16 Å². The SMILES string of the molecule is CO[C@@H]1C[C@H](C[C@@H](C)[C@@H](O)CO)CC[C@H]1O[Si](C(C)C)(C(C)C)C(C)C. The van der Waals surface area contributed by atoms with Crippen LogP contribution < -0.4 is 0 Å². The summed E-state index contributed by atoms with van der Waals surface area (Å²) in [7, 11) is -0.0995. The van der Waals surface area contributed by atoms with Gasteiger partial charge in [-0.05, 0) is 54.1 Å². The number of aliphatic hydroxyl groups is 2. The summed E-state index contributed by atoms with van der Waals surface area (Å²) in [5.74, 6) is 0.652. The lowest BCUT2D eigenvalue weighted by Gasteiger charge is -2.48. The number of aliphatic hydroxyl groups excluding tert-OH is 2. The van der Waals surface area contributed by atoms with Crippen LogP contribution >= 0.6 is 0 Å². The van der Waals surface area contributed by atoms with Gasteiger partial charge in [0.05, 0.1) is 24.9 Å². The molecule has 5 atom stereocenters. The Balaban J connectivity index is 2.83. The molecule has 0 aromatic heterocycles. The molecule has 0 bridgehead atoms. The smallest absolute Gasteiger partial charge is 0.200 e. The molecule has 0 amide bonds. The number of hydrogen-bond donors (Lipinski definition) is 2. The Kier molecular flexibility index (Phi) is 9.79. The summed E-state index contributed by atoms with van der Waals surface area (Å²) in [6.07, 6.45) is 3.78. The molecule has 0 heterocycles. The van der Waals surface area contributed by atoms with Gasteiger partial charge < -0.3 is 19.4 Å². The maximum Gasteiger partial charge on any atom is 0.200 e. The van der Waals surface area contributed by atoms with Crippen LogP contribution in [0.5, 0.6) is 0 Å². The van der Waals surface area contributed by atoms with Crippen LogP contribution in [0.15, 0.2) is 0 Å². The largest absolute Gasteiger partial charge is 0.411 e. The first-order chi connectivity index (χ1) is 12.1. The highest BCUT2D eigenvalue weighted by Gasteiger charge is 2.48. The zero-order valence-corrected chi connectivity index (χ0v) is 19.4. The van der Waals surface area contributed by atoms with E-state index in [1.54, 1.807) is 7.11 Å². The zero-order valence-electron chi connectivity index (χ0n) is 18.4. The monoisotopic (exact) mass is 388 g/mol. The molecule has 0 aromatic carbocycles. The van der Waals surface area contributed by atoms with Crippen LogP contribution in [0.4, 0.5) is 0 Å². The lowest BCUT2D eigenvalue weighted by Crippen LogP contribution is -2.53. The van der Waals surface area contributed by atoms with Crippen molar-refractivity contribution in [3.05, 3.63) is 0 Å². The van der Waals surface area contributed by atoms with Gasteiger partial charge in [0.25, 0.3) is 0 Å². The summed E-state index contributed by atoms with van der Waals surface area (Å²) in [6.45, 7) is 15.9. The predicted octanol–water partition coefficient (Wildman–Crippen LogP) is 4.74. The Hall–Kier alpha value is 0.0569. The minimum atomic E-state index is -1.90. The van der Waals surface area contributed by atoms with E-state index in [9.17, 15) is 5.11 Å². The molecule has 0 unspecified atom stereocenters. The first-order valence-corrected chi connectivity index (χ1v) is 12.7. The standard InChI is InChI=1S/C21H44O4Si/c1-14(2)26(15(3)4,16(5)6)25-20-10-9-18(12-21(20)24-8)11-17(7)19(23)13-22/h14-23H,9-13H2,1-8H3/t17-,18+,19+,20-,21-/m1/s1. The van der Waals surface area contributed by atoms with Gasteiger partial charge in [-0.1, -0.05) is 48.5 Å². The molecule has 1 saturated carbocycles. The molecule has 156 valence electrons. The van der Waals surface area contributed by atoms with E-state index in [1.165, 1.54) is 0 Å². The van der Waals surface area contributed by atoms with Crippen molar-refractivity contribution < 1.29 is 19.4 Å². The molecule has 1 aliphatic rings. The predicted molar refractivity (Wildman–Crippen MR) is 111 cm³/mol. The van der Waals surface area contributed by atoms with E-state index < -0.39 is 14.4 Å². The Labute approximate surface area is 162 Å². The fourth-order valence-electron chi connectivity index (χ4n) is 5.31. The number of methoxy groups -OCH3 is 1. The summed E-state index contributed by atoms with van der Waals surface area (Å²) in [6, 6.07) is 0. The Morgan fingerprint density at radius 3 is 1.88 bits per heavy atom. The third-order valence-electron chi connectivity index (χ3n) is 6.75. The van der Waals surface area contributed by atoms with Crippen molar-refractivity contribution in [1.82, 2.24) is 0 Å². The molecule has 0 spiro atoms. The Morgan fingerprint density at radius 2 is 1.46 bits per heavy atom. The summed E-state index contributed by atoms with van der Waals surface area (Å²) in [4.78, 5) is 0. The van der Waals surface area contributed by atoms with Crippen LogP contribution in [-0.4, -0.2) is 50.6 Å². The van der Waals surface area contributed by atoms with Crippen molar-refractivity contribution in [2.24, 2.45) is 11.8 Å². The molecule has 1 aliphatic carbocycles. The molecular formula is C21H44O4Si. The molecular weight excluding hydrogens is 344 g/mol. The lowest BCUT2D eigenvalue weighted by molar-refractivity contribution is -0.0516. The first kappa shape index (κ1) is 24.1. The van der Waals surface area contributed by atoms with Gasteiger partial charge >= 0.3 is 0 Å². The van der Waals surface area contributed by atoms with Gasteiger partial charge in [-0.2, -0.15) is 0 Å². The fourth-order valence-corrected chi connectivity index (χ4v) is 10.9. The summed E-state index contributed by atoms with van der Waals surface area (Å²) in [5, 5.41) is 19.0. The average molecular weight is 389 g/mol. The highest BCUT2D eigenvalue weighted by molar-refractivity contribution is 6.77. The average Bonchev–Trinajstić information content (AvgIpc) is 2.58. The van der Waals surface area contributed by atoms with Gasteiger partial charge in [0.1, 0.15) is 0 Å². The maximum absolute atomic E-state index is 9.87. The second-order valence-corrected chi connectivity index (χ2v) is 14.8. The maximum atomic E-state index is 9.87. The van der Waals surface area contributed by atoms with Gasteiger partial charge in [-0.3, -0.25) is 0 Å². The fraction of sp³-hybridized carbons (Fsp3) is 1.00. The van der Waals surface area contributed by atoms with Crippen LogP contribution in [0.25, 0.3) is 0 Å². The number of hydrogen-bond acceptors (Lipinski definition) is 4. The van der Waals surface area contributed by atoms with Crippen molar-refractivity contribution in [3.63, 3.8) is 0 Å². The first-order valence-electron chi connectivity index (χ1n) is 10.6. The van der Waals surface area contributed by atoms with E-state index in [4.69, 9.17) is 14.3 Å². The van der Waals surface area contributed by atoms with E-state index in [0.29, 0.717) is 22.5 Å². The van der Waals surface area contributed by atoms with Crippen molar-refractivity contribution >= 4 is 8.32 Å². The van der Waals surface area contributed by atoms with Gasteiger partial charge in [0.2, 0.25) is 8.32 Å². The normalized spacial score (nSPS) is 27.3. The quantitative estimate of drug-likeness (QED) is 0.531. The second-order valence-electron chi connectivity index (χ2n) is 9.39. The zero-order chi connectivity index (χ0) is 20.1. The van der Waals surface area contributed by atoms with Crippen molar-refractivity contribution in [2.45, 2.75) is 109 Å². The highest BCUT2D eigenvalue weighted by atomic mass is 28.4. The molecule has 0 aliphatic heterocycles. The van der Waals surface area contributed by atoms with Crippen LogP contribution in [0.3, 0.4) is 0 Å². The minimum Gasteiger partial charge on any atom is -0.411 e. The highest BCUT2D eigenvalue weighted by Crippen LogP contribution is 2.45. The van der Waals surface area contributed by atoms with Crippen LogP contribution in [0.1, 0.15) is 74.1 Å². The van der Waals surface area contributed by atoms with Gasteiger partial charge in [-0.15, -0.1) is 0 Å². The van der Waals surface area contributed by atoms with E-state index in [1.807, 2.05) is 6.92 Å². The van der Waals surface area contributed by atoms with Crippen molar-refractivity contribution in [1.29, 1.82) is 0 Å². The molecule has 2 N–H and O–H groups in total. The minimum absolute atomic E-state index is 0.121. The molecule has 1 fully saturated rings. The molecule has 4 nitrogen and oxygen atoms in total. The molecule has 5 heteroatoms. The third-order valence-corrected chi connectivity index (χ3v) is 12.9. The summed E-state index contributed by atoms with van der Waals surface area (Å²) < 4.78 is 12.9. The number of ether oxygens (including phenoxy) is 1. The molecule has 0 radical (unpaired) electrons. The lowest BCUT2D eigenvalue weighted by atomic mass is 9.79. The summed E-state index contributed by atoms with van der Waals surface area (Å²) >= 11 is 0. The van der Waals surface area contributed by atoms with E-state index in [0.717, 1.165) is 25.7 Å². The topological polar surface area (TPSA) is 58.9 Å². The van der Waals surface area contributed by atoms with E-state index in [2.05, 4.69) is 41.5 Å². The molecule has 26 heavy (non-hydrogen) atoms. The Morgan fingerprint density at radius 1 is 0.923 bits per heavy atom. The van der Waals surface area contributed by atoms with Crippen molar-refractivity contribution in [3.8, 4) is 0 Å². The van der Waals surface area contributed by atoms with Crippen LogP contribution in [0.2, 0.25) is 16.6 Å².